The third-order valence-electron chi connectivity index (χ3n) is 3.17. The average molecular weight is 242 g/mol. The fraction of sp³-hybridized carbons (Fsp3) is 0.231. The van der Waals surface area contributed by atoms with Crippen LogP contribution in [0.25, 0.3) is 11.3 Å². The molecule has 0 radical (unpaired) electrons. The van der Waals surface area contributed by atoms with Crippen LogP contribution in [0.4, 0.5) is 5.69 Å². The van der Waals surface area contributed by atoms with E-state index in [1.54, 1.807) is 0 Å². The van der Waals surface area contributed by atoms with E-state index in [9.17, 15) is 4.79 Å². The predicted molar refractivity (Wildman–Crippen MR) is 68.9 cm³/mol. The standard InChI is InChI=1S/C13H14N4O/c1-17-12(6-10(7-14)16-17)8-2-3-11-9(4-8)5-13(18)15-11/h2-4,6H,5,7,14H2,1H3,(H,15,18). The molecule has 1 aromatic carbocycles. The highest BCUT2D eigenvalue weighted by Gasteiger charge is 2.18. The van der Waals surface area contributed by atoms with Crippen molar-refractivity contribution in [3.63, 3.8) is 0 Å². The number of fused-ring (bicyclic) bond motifs is 1. The lowest BCUT2D eigenvalue weighted by Gasteiger charge is -2.04. The molecule has 0 aliphatic carbocycles. The number of nitrogens with one attached hydrogen (secondary N) is 1. The van der Waals surface area contributed by atoms with E-state index in [4.69, 9.17) is 5.73 Å². The zero-order valence-electron chi connectivity index (χ0n) is 10.1. The molecule has 0 spiro atoms. The normalized spacial score (nSPS) is 13.6. The smallest absolute Gasteiger partial charge is 0.228 e. The van der Waals surface area contributed by atoms with E-state index >= 15 is 0 Å². The Bertz CT molecular complexity index is 630. The number of hydrogen-bond acceptors (Lipinski definition) is 3. The van der Waals surface area contributed by atoms with Crippen LogP contribution in [-0.2, 0) is 24.8 Å². The summed E-state index contributed by atoms with van der Waals surface area (Å²) in [5.41, 5.74) is 10.5. The molecule has 0 atom stereocenters. The van der Waals surface area contributed by atoms with E-state index in [0.717, 1.165) is 28.2 Å². The zero-order chi connectivity index (χ0) is 12.7. The number of aryl methyl sites for hydroxylation is 1. The first-order valence-corrected chi connectivity index (χ1v) is 5.83. The summed E-state index contributed by atoms with van der Waals surface area (Å²) in [5, 5.41) is 7.15. The summed E-state index contributed by atoms with van der Waals surface area (Å²) >= 11 is 0. The Morgan fingerprint density at radius 1 is 1.44 bits per heavy atom. The van der Waals surface area contributed by atoms with Crippen LogP contribution in [0.15, 0.2) is 24.3 Å². The van der Waals surface area contributed by atoms with E-state index < -0.39 is 0 Å². The third-order valence-corrected chi connectivity index (χ3v) is 3.17. The molecule has 18 heavy (non-hydrogen) atoms. The molecular formula is C13H14N4O. The molecule has 0 fully saturated rings. The number of hydrogen-bond donors (Lipinski definition) is 2. The highest BCUT2D eigenvalue weighted by molar-refractivity contribution is 5.99. The van der Waals surface area contributed by atoms with Gasteiger partial charge in [0.15, 0.2) is 0 Å². The van der Waals surface area contributed by atoms with Gasteiger partial charge >= 0.3 is 0 Å². The molecule has 3 N–H and O–H groups in total. The van der Waals surface area contributed by atoms with Gasteiger partial charge < -0.3 is 11.1 Å². The lowest BCUT2D eigenvalue weighted by molar-refractivity contribution is -0.115. The van der Waals surface area contributed by atoms with Gasteiger partial charge in [0.25, 0.3) is 0 Å². The summed E-state index contributed by atoms with van der Waals surface area (Å²) in [7, 11) is 1.89. The van der Waals surface area contributed by atoms with Gasteiger partial charge in [0.1, 0.15) is 0 Å². The fourth-order valence-corrected chi connectivity index (χ4v) is 2.29. The SMILES string of the molecule is Cn1nc(CN)cc1-c1ccc2c(c1)CC(=O)N2. The Kier molecular flexibility index (Phi) is 2.41. The Morgan fingerprint density at radius 2 is 2.28 bits per heavy atom. The van der Waals surface area contributed by atoms with Gasteiger partial charge in [-0.25, -0.2) is 0 Å². The van der Waals surface area contributed by atoms with E-state index in [1.807, 2.05) is 36.0 Å². The van der Waals surface area contributed by atoms with E-state index in [0.29, 0.717) is 13.0 Å². The first-order chi connectivity index (χ1) is 8.67. The summed E-state index contributed by atoms with van der Waals surface area (Å²) in [5.74, 6) is 0.0507. The molecule has 2 aromatic rings. The zero-order valence-corrected chi connectivity index (χ0v) is 10.1. The van der Waals surface area contributed by atoms with Gasteiger partial charge in [0.2, 0.25) is 5.91 Å². The molecule has 0 saturated heterocycles. The van der Waals surface area contributed by atoms with Crippen LogP contribution in [0.2, 0.25) is 0 Å². The fourth-order valence-electron chi connectivity index (χ4n) is 2.29. The highest BCUT2D eigenvalue weighted by Crippen LogP contribution is 2.29. The Morgan fingerprint density at radius 3 is 3.00 bits per heavy atom. The molecule has 1 aliphatic heterocycles. The van der Waals surface area contributed by atoms with Crippen molar-refractivity contribution in [1.29, 1.82) is 0 Å². The van der Waals surface area contributed by atoms with Crippen molar-refractivity contribution in [2.75, 3.05) is 5.32 Å². The van der Waals surface area contributed by atoms with E-state index in [2.05, 4.69) is 10.4 Å². The summed E-state index contributed by atoms with van der Waals surface area (Å²) in [6.07, 6.45) is 0.449. The van der Waals surface area contributed by atoms with Gasteiger partial charge in [-0.2, -0.15) is 5.10 Å². The summed E-state index contributed by atoms with van der Waals surface area (Å²) < 4.78 is 1.81. The van der Waals surface area contributed by atoms with Crippen LogP contribution < -0.4 is 11.1 Å². The predicted octanol–water partition coefficient (Wildman–Crippen LogP) is 1.04. The Labute approximate surface area is 105 Å². The monoisotopic (exact) mass is 242 g/mol. The molecule has 5 heteroatoms. The number of nitrogens with two attached hydrogens (primary N) is 1. The van der Waals surface area contributed by atoms with Gasteiger partial charge in [0, 0.05) is 24.8 Å². The largest absolute Gasteiger partial charge is 0.326 e. The van der Waals surface area contributed by atoms with Crippen LogP contribution in [0.5, 0.6) is 0 Å². The second kappa shape index (κ2) is 3.96. The first-order valence-electron chi connectivity index (χ1n) is 5.83. The van der Waals surface area contributed by atoms with Crippen molar-refractivity contribution in [1.82, 2.24) is 9.78 Å². The van der Waals surface area contributed by atoms with Crippen LogP contribution in [0.1, 0.15) is 11.3 Å². The van der Waals surface area contributed by atoms with Crippen LogP contribution in [0, 0.1) is 0 Å². The highest BCUT2D eigenvalue weighted by atomic mass is 16.1. The second-order valence-electron chi connectivity index (χ2n) is 4.45. The molecule has 0 saturated carbocycles. The number of carbonyl (C=O) groups excluding carboxylic acids is 1. The summed E-state index contributed by atoms with van der Waals surface area (Å²) in [6, 6.07) is 7.93. The minimum Gasteiger partial charge on any atom is -0.326 e. The maximum absolute atomic E-state index is 11.3. The van der Waals surface area contributed by atoms with Crippen molar-refractivity contribution in [3.05, 3.63) is 35.5 Å². The number of aromatic nitrogens is 2. The van der Waals surface area contributed by atoms with Gasteiger partial charge in [-0.1, -0.05) is 6.07 Å². The van der Waals surface area contributed by atoms with Crippen molar-refractivity contribution < 1.29 is 4.79 Å². The number of benzene rings is 1. The molecule has 0 bridgehead atoms. The summed E-state index contributed by atoms with van der Waals surface area (Å²) in [4.78, 5) is 11.3. The first kappa shape index (κ1) is 11.0. The van der Waals surface area contributed by atoms with Crippen LogP contribution in [0.3, 0.4) is 0 Å². The van der Waals surface area contributed by atoms with Crippen molar-refractivity contribution in [2.24, 2.45) is 12.8 Å². The maximum atomic E-state index is 11.3. The number of carbonyl (C=O) groups is 1. The van der Waals surface area contributed by atoms with Crippen LogP contribution >= 0.6 is 0 Å². The van der Waals surface area contributed by atoms with E-state index in [1.165, 1.54) is 0 Å². The molecule has 1 aliphatic rings. The van der Waals surface area contributed by atoms with Gasteiger partial charge in [-0.15, -0.1) is 0 Å². The third kappa shape index (κ3) is 1.69. The lowest BCUT2D eigenvalue weighted by atomic mass is 10.1. The van der Waals surface area contributed by atoms with Gasteiger partial charge in [-0.3, -0.25) is 9.48 Å². The van der Waals surface area contributed by atoms with Crippen LogP contribution in [-0.4, -0.2) is 15.7 Å². The lowest BCUT2D eigenvalue weighted by Crippen LogP contribution is -2.03. The molecule has 0 unspecified atom stereocenters. The topological polar surface area (TPSA) is 72.9 Å². The van der Waals surface area contributed by atoms with E-state index in [-0.39, 0.29) is 5.91 Å². The maximum Gasteiger partial charge on any atom is 0.228 e. The molecule has 5 nitrogen and oxygen atoms in total. The molecule has 2 heterocycles. The minimum absolute atomic E-state index is 0.0507. The second-order valence-corrected chi connectivity index (χ2v) is 4.45. The molecular weight excluding hydrogens is 228 g/mol. The quantitative estimate of drug-likeness (QED) is 0.826. The number of rotatable bonds is 2. The Balaban J connectivity index is 2.05. The Hall–Kier alpha value is -2.14. The molecule has 92 valence electrons. The van der Waals surface area contributed by atoms with Crippen molar-refractivity contribution in [3.8, 4) is 11.3 Å². The number of nitrogens with zero attached hydrogens (tertiary/aromatic N) is 2. The van der Waals surface area contributed by atoms with Gasteiger partial charge in [-0.05, 0) is 23.8 Å². The van der Waals surface area contributed by atoms with Crippen molar-refractivity contribution >= 4 is 11.6 Å². The minimum atomic E-state index is 0.0507. The molecule has 1 amide bonds. The van der Waals surface area contributed by atoms with Gasteiger partial charge in [0.05, 0.1) is 17.8 Å². The average Bonchev–Trinajstić information content (AvgIpc) is 2.89. The number of amides is 1. The summed E-state index contributed by atoms with van der Waals surface area (Å²) in [6.45, 7) is 0.429. The molecule has 1 aromatic heterocycles. The van der Waals surface area contributed by atoms with Crippen molar-refractivity contribution in [2.45, 2.75) is 13.0 Å². The molecule has 3 rings (SSSR count). The number of anilines is 1.